The molecule has 0 bridgehead atoms. The maximum absolute atomic E-state index is 5.80. The highest BCUT2D eigenvalue weighted by atomic mass is 16.5. The average molecular weight is 315 g/mol. The van der Waals surface area contributed by atoms with Gasteiger partial charge >= 0.3 is 0 Å². The van der Waals surface area contributed by atoms with Crippen molar-refractivity contribution in [2.24, 2.45) is 9.98 Å². The van der Waals surface area contributed by atoms with Crippen molar-refractivity contribution in [1.82, 2.24) is 0 Å². The molecule has 0 aliphatic carbocycles. The van der Waals surface area contributed by atoms with Crippen molar-refractivity contribution in [2.75, 3.05) is 32.2 Å². The molecule has 0 unspecified atom stereocenters. The van der Waals surface area contributed by atoms with Crippen LogP contribution in [0.1, 0.15) is 38.8 Å². The Kier molecular flexibility index (Phi) is 3.62. The molecule has 5 heteroatoms. The minimum Gasteiger partial charge on any atom is -0.475 e. The summed E-state index contributed by atoms with van der Waals surface area (Å²) in [5.41, 5.74) is 2.66. The van der Waals surface area contributed by atoms with Crippen LogP contribution in [0.4, 0.5) is 5.69 Å². The summed E-state index contributed by atoms with van der Waals surface area (Å²) in [7, 11) is 4.04. The fourth-order valence-electron chi connectivity index (χ4n) is 2.58. The molecule has 5 nitrogen and oxygen atoms in total. The predicted octanol–water partition coefficient (Wildman–Crippen LogP) is 2.86. The molecule has 0 spiro atoms. The van der Waals surface area contributed by atoms with Crippen molar-refractivity contribution in [3.63, 3.8) is 0 Å². The summed E-state index contributed by atoms with van der Waals surface area (Å²) in [5.74, 6) is 1.38. The second-order valence-electron chi connectivity index (χ2n) is 7.70. The van der Waals surface area contributed by atoms with Gasteiger partial charge in [0.05, 0.1) is 11.1 Å². The lowest BCUT2D eigenvalue weighted by Gasteiger charge is -2.16. The smallest absolute Gasteiger partial charge is 0.216 e. The lowest BCUT2D eigenvalue weighted by Crippen LogP contribution is -2.17. The quantitative estimate of drug-likeness (QED) is 0.861. The van der Waals surface area contributed by atoms with E-state index in [1.807, 2.05) is 20.2 Å². The van der Waals surface area contributed by atoms with Crippen molar-refractivity contribution in [3.8, 4) is 0 Å². The molecule has 3 rings (SSSR count). The van der Waals surface area contributed by atoms with Gasteiger partial charge in [-0.3, -0.25) is 0 Å². The van der Waals surface area contributed by atoms with E-state index >= 15 is 0 Å². The van der Waals surface area contributed by atoms with Gasteiger partial charge in [0.1, 0.15) is 13.2 Å². The summed E-state index contributed by atoms with van der Waals surface area (Å²) >= 11 is 0. The average Bonchev–Trinajstić information content (AvgIpc) is 3.00. The summed E-state index contributed by atoms with van der Waals surface area (Å²) in [4.78, 5) is 11.4. The first-order valence-corrected chi connectivity index (χ1v) is 7.94. The summed E-state index contributed by atoms with van der Waals surface area (Å²) in [6, 6.07) is 6.22. The third kappa shape index (κ3) is 3.33. The van der Waals surface area contributed by atoms with Crippen LogP contribution in [0.2, 0.25) is 0 Å². The zero-order valence-electron chi connectivity index (χ0n) is 14.8. The summed E-state index contributed by atoms with van der Waals surface area (Å²) in [5, 5.41) is 0. The number of benzene rings is 1. The Bertz CT molecular complexity index is 635. The number of nitrogens with zero attached hydrogens (tertiary/aromatic N) is 3. The molecule has 0 saturated heterocycles. The largest absolute Gasteiger partial charge is 0.475 e. The number of rotatable bonds is 3. The van der Waals surface area contributed by atoms with Crippen molar-refractivity contribution in [3.05, 3.63) is 29.3 Å². The number of ether oxygens (including phenoxy) is 2. The number of hydrogen-bond donors (Lipinski definition) is 0. The lowest BCUT2D eigenvalue weighted by atomic mass is 10.1. The fraction of sp³-hybridized carbons (Fsp3) is 0.556. The topological polar surface area (TPSA) is 46.4 Å². The van der Waals surface area contributed by atoms with Crippen LogP contribution in [-0.2, 0) is 9.47 Å². The zero-order valence-corrected chi connectivity index (χ0v) is 14.8. The zero-order chi connectivity index (χ0) is 16.8. The number of aliphatic imine (C=N–C) groups is 2. The van der Waals surface area contributed by atoms with Gasteiger partial charge in [0, 0.05) is 30.9 Å². The minimum atomic E-state index is -0.174. The molecule has 1 aromatic carbocycles. The Morgan fingerprint density at radius 1 is 0.826 bits per heavy atom. The van der Waals surface area contributed by atoms with E-state index in [0.717, 1.165) is 16.8 Å². The Morgan fingerprint density at radius 2 is 1.26 bits per heavy atom. The molecule has 0 aromatic heterocycles. The van der Waals surface area contributed by atoms with E-state index in [0.29, 0.717) is 25.0 Å². The van der Waals surface area contributed by atoms with Gasteiger partial charge in [-0.05, 0) is 45.9 Å². The Labute approximate surface area is 138 Å². The van der Waals surface area contributed by atoms with Gasteiger partial charge in [-0.2, -0.15) is 0 Å². The lowest BCUT2D eigenvalue weighted by molar-refractivity contribution is 0.279. The van der Waals surface area contributed by atoms with Crippen LogP contribution in [0.3, 0.4) is 0 Å². The van der Waals surface area contributed by atoms with Gasteiger partial charge < -0.3 is 14.4 Å². The van der Waals surface area contributed by atoms with E-state index in [-0.39, 0.29) is 11.1 Å². The minimum absolute atomic E-state index is 0.174. The number of hydrogen-bond acceptors (Lipinski definition) is 5. The molecule has 23 heavy (non-hydrogen) atoms. The van der Waals surface area contributed by atoms with E-state index in [1.54, 1.807) is 0 Å². The molecule has 0 amide bonds. The van der Waals surface area contributed by atoms with Crippen molar-refractivity contribution in [2.45, 2.75) is 38.8 Å². The maximum Gasteiger partial charge on any atom is 0.216 e. The van der Waals surface area contributed by atoms with Gasteiger partial charge in [0.2, 0.25) is 11.8 Å². The van der Waals surface area contributed by atoms with Gasteiger partial charge in [0.15, 0.2) is 0 Å². The van der Waals surface area contributed by atoms with Crippen molar-refractivity contribution >= 4 is 17.5 Å². The molecule has 0 N–H and O–H groups in total. The first-order valence-electron chi connectivity index (χ1n) is 7.94. The van der Waals surface area contributed by atoms with Crippen LogP contribution < -0.4 is 4.90 Å². The molecule has 2 heterocycles. The van der Waals surface area contributed by atoms with Crippen molar-refractivity contribution < 1.29 is 9.47 Å². The Hall–Kier alpha value is -2.04. The molecule has 0 atom stereocenters. The summed E-state index contributed by atoms with van der Waals surface area (Å²) < 4.78 is 11.6. The standard InChI is InChI=1S/C18H25N3O2/c1-17(2)10-22-15(19-17)12-7-13(9-14(8-12)21(5)6)16-20-18(3,4)11-23-16/h7-9H,10-11H2,1-6H3. The van der Waals surface area contributed by atoms with Gasteiger partial charge in [-0.25, -0.2) is 9.98 Å². The molecular weight excluding hydrogens is 290 g/mol. The first-order chi connectivity index (χ1) is 10.7. The van der Waals surface area contributed by atoms with E-state index < -0.39 is 0 Å². The third-order valence-electron chi connectivity index (χ3n) is 3.86. The van der Waals surface area contributed by atoms with Crippen LogP contribution in [0.25, 0.3) is 0 Å². The van der Waals surface area contributed by atoms with Crippen LogP contribution in [0, 0.1) is 0 Å². The van der Waals surface area contributed by atoms with Gasteiger partial charge in [-0.15, -0.1) is 0 Å². The molecule has 1 aromatic rings. The first kappa shape index (κ1) is 15.8. The van der Waals surface area contributed by atoms with Crippen LogP contribution in [-0.4, -0.2) is 50.2 Å². The van der Waals surface area contributed by atoms with Crippen LogP contribution in [0.5, 0.6) is 0 Å². The normalized spacial score (nSPS) is 21.3. The Balaban J connectivity index is 2.05. The maximum atomic E-state index is 5.80. The molecule has 0 fully saturated rings. The molecule has 124 valence electrons. The number of anilines is 1. The molecular formula is C18H25N3O2. The molecule has 0 saturated carbocycles. The van der Waals surface area contributed by atoms with Crippen molar-refractivity contribution in [1.29, 1.82) is 0 Å². The third-order valence-corrected chi connectivity index (χ3v) is 3.86. The van der Waals surface area contributed by atoms with E-state index in [2.05, 4.69) is 54.7 Å². The van der Waals surface area contributed by atoms with Crippen LogP contribution in [0.15, 0.2) is 28.2 Å². The monoisotopic (exact) mass is 315 g/mol. The SMILES string of the molecule is CN(C)c1cc(C2=NC(C)(C)CO2)cc(C2=NC(C)(C)CO2)c1. The van der Waals surface area contributed by atoms with E-state index in [1.165, 1.54) is 0 Å². The van der Waals surface area contributed by atoms with Gasteiger partial charge in [-0.1, -0.05) is 0 Å². The fourth-order valence-corrected chi connectivity index (χ4v) is 2.58. The molecule has 2 aliphatic heterocycles. The van der Waals surface area contributed by atoms with E-state index in [9.17, 15) is 0 Å². The predicted molar refractivity (Wildman–Crippen MR) is 93.9 cm³/mol. The summed E-state index contributed by atoms with van der Waals surface area (Å²) in [6.07, 6.45) is 0. The Morgan fingerprint density at radius 3 is 1.57 bits per heavy atom. The van der Waals surface area contributed by atoms with Gasteiger partial charge in [0.25, 0.3) is 0 Å². The molecule has 2 aliphatic rings. The molecule has 0 radical (unpaired) electrons. The highest BCUT2D eigenvalue weighted by molar-refractivity contribution is 6.02. The second kappa shape index (κ2) is 5.25. The van der Waals surface area contributed by atoms with E-state index in [4.69, 9.17) is 9.47 Å². The highest BCUT2D eigenvalue weighted by Crippen LogP contribution is 2.27. The van der Waals surface area contributed by atoms with Crippen LogP contribution >= 0.6 is 0 Å². The second-order valence-corrected chi connectivity index (χ2v) is 7.70. The highest BCUT2D eigenvalue weighted by Gasteiger charge is 2.30. The summed E-state index contributed by atoms with van der Waals surface area (Å²) in [6.45, 7) is 9.50.